The van der Waals surface area contributed by atoms with Gasteiger partial charge >= 0.3 is 0 Å². The molecule has 2 saturated carbocycles. The van der Waals surface area contributed by atoms with Crippen molar-refractivity contribution in [2.45, 2.75) is 56.4 Å². The first-order chi connectivity index (χ1) is 10.3. The third-order valence-electron chi connectivity index (χ3n) is 5.12. The molecule has 1 aromatic carbocycles. The summed E-state index contributed by atoms with van der Waals surface area (Å²) in [5, 5.41) is 0. The van der Waals surface area contributed by atoms with Crippen molar-refractivity contribution in [2.24, 2.45) is 5.73 Å². The predicted molar refractivity (Wildman–Crippen MR) is 85.0 cm³/mol. The first kappa shape index (κ1) is 14.6. The molecule has 2 aliphatic rings. The summed E-state index contributed by atoms with van der Waals surface area (Å²) in [7, 11) is 0. The molecule has 0 aliphatic heterocycles. The van der Waals surface area contributed by atoms with E-state index in [0.717, 1.165) is 25.8 Å². The molecule has 0 heterocycles. The molecule has 3 rings (SSSR count). The van der Waals surface area contributed by atoms with Gasteiger partial charge in [0, 0.05) is 12.6 Å². The van der Waals surface area contributed by atoms with E-state index in [1.165, 1.54) is 31.2 Å². The Morgan fingerprint density at radius 1 is 1.19 bits per heavy atom. The lowest BCUT2D eigenvalue weighted by Gasteiger charge is -2.33. The van der Waals surface area contributed by atoms with Gasteiger partial charge in [0.25, 0.3) is 0 Å². The van der Waals surface area contributed by atoms with E-state index in [0.29, 0.717) is 18.5 Å². The van der Waals surface area contributed by atoms with E-state index in [1.54, 1.807) is 0 Å². The van der Waals surface area contributed by atoms with Gasteiger partial charge in [0.1, 0.15) is 0 Å². The fourth-order valence-corrected chi connectivity index (χ4v) is 3.71. The van der Waals surface area contributed by atoms with Crippen LogP contribution >= 0.6 is 0 Å². The standard InChI is InChI=1S/C18H26N2O/c19-13-6-14-20(16-9-4-5-10-16)17(21)18(11-12-18)15-7-2-1-3-8-15/h1-3,7-8,16H,4-6,9-14,19H2. The van der Waals surface area contributed by atoms with Gasteiger partial charge in [0.15, 0.2) is 0 Å². The highest BCUT2D eigenvalue weighted by atomic mass is 16.2. The minimum absolute atomic E-state index is 0.224. The number of hydrogen-bond donors (Lipinski definition) is 1. The molecular formula is C18H26N2O. The second-order valence-corrected chi connectivity index (χ2v) is 6.53. The van der Waals surface area contributed by atoms with Crippen molar-refractivity contribution in [1.82, 2.24) is 4.90 Å². The van der Waals surface area contributed by atoms with Crippen molar-refractivity contribution < 1.29 is 4.79 Å². The Morgan fingerprint density at radius 2 is 1.86 bits per heavy atom. The molecule has 0 unspecified atom stereocenters. The van der Waals surface area contributed by atoms with E-state index in [9.17, 15) is 4.79 Å². The molecule has 21 heavy (non-hydrogen) atoms. The predicted octanol–water partition coefficient (Wildman–Crippen LogP) is 2.84. The third-order valence-corrected chi connectivity index (χ3v) is 5.12. The van der Waals surface area contributed by atoms with Crippen molar-refractivity contribution in [3.8, 4) is 0 Å². The summed E-state index contributed by atoms with van der Waals surface area (Å²) in [5.41, 5.74) is 6.65. The van der Waals surface area contributed by atoms with E-state index in [1.807, 2.05) is 18.2 Å². The number of benzene rings is 1. The minimum Gasteiger partial charge on any atom is -0.339 e. The zero-order valence-corrected chi connectivity index (χ0v) is 12.8. The Morgan fingerprint density at radius 3 is 2.43 bits per heavy atom. The molecule has 3 heteroatoms. The molecule has 0 spiro atoms. The minimum atomic E-state index is -0.224. The number of hydrogen-bond acceptors (Lipinski definition) is 2. The lowest BCUT2D eigenvalue weighted by Crippen LogP contribution is -2.45. The smallest absolute Gasteiger partial charge is 0.233 e. The van der Waals surface area contributed by atoms with E-state index in [2.05, 4.69) is 17.0 Å². The number of rotatable bonds is 6. The van der Waals surface area contributed by atoms with Gasteiger partial charge in [-0.05, 0) is 44.2 Å². The van der Waals surface area contributed by atoms with Gasteiger partial charge in [-0.25, -0.2) is 0 Å². The van der Waals surface area contributed by atoms with Crippen LogP contribution in [0.25, 0.3) is 0 Å². The Balaban J connectivity index is 1.80. The van der Waals surface area contributed by atoms with Gasteiger partial charge in [-0.15, -0.1) is 0 Å². The van der Waals surface area contributed by atoms with Crippen LogP contribution in [-0.4, -0.2) is 29.9 Å². The SMILES string of the molecule is NCCCN(C(=O)C1(c2ccccc2)CC1)C1CCCC1. The Bertz CT molecular complexity index is 475. The van der Waals surface area contributed by atoms with Crippen molar-refractivity contribution in [2.75, 3.05) is 13.1 Å². The van der Waals surface area contributed by atoms with Gasteiger partial charge in [0.2, 0.25) is 5.91 Å². The summed E-state index contributed by atoms with van der Waals surface area (Å²) in [4.78, 5) is 15.4. The number of nitrogens with two attached hydrogens (primary N) is 1. The van der Waals surface area contributed by atoms with Crippen molar-refractivity contribution in [3.63, 3.8) is 0 Å². The van der Waals surface area contributed by atoms with Crippen LogP contribution < -0.4 is 5.73 Å². The Hall–Kier alpha value is -1.35. The molecule has 3 nitrogen and oxygen atoms in total. The van der Waals surface area contributed by atoms with Crippen LogP contribution in [0.4, 0.5) is 0 Å². The van der Waals surface area contributed by atoms with E-state index in [-0.39, 0.29) is 5.41 Å². The first-order valence-corrected chi connectivity index (χ1v) is 8.34. The van der Waals surface area contributed by atoms with Gasteiger partial charge in [-0.2, -0.15) is 0 Å². The normalized spacial score (nSPS) is 20.4. The van der Waals surface area contributed by atoms with Crippen molar-refractivity contribution in [3.05, 3.63) is 35.9 Å². The van der Waals surface area contributed by atoms with Crippen molar-refractivity contribution >= 4 is 5.91 Å². The highest BCUT2D eigenvalue weighted by molar-refractivity contribution is 5.91. The summed E-state index contributed by atoms with van der Waals surface area (Å²) in [6.45, 7) is 1.49. The monoisotopic (exact) mass is 286 g/mol. The molecule has 0 atom stereocenters. The molecule has 0 radical (unpaired) electrons. The summed E-state index contributed by atoms with van der Waals surface area (Å²) < 4.78 is 0. The molecule has 114 valence electrons. The van der Waals surface area contributed by atoms with Gasteiger partial charge in [-0.3, -0.25) is 4.79 Å². The lowest BCUT2D eigenvalue weighted by atomic mass is 9.93. The topological polar surface area (TPSA) is 46.3 Å². The molecule has 0 aromatic heterocycles. The molecule has 2 fully saturated rings. The van der Waals surface area contributed by atoms with Crippen LogP contribution in [0.5, 0.6) is 0 Å². The molecule has 2 N–H and O–H groups in total. The van der Waals surface area contributed by atoms with E-state index in [4.69, 9.17) is 5.73 Å². The highest BCUT2D eigenvalue weighted by Crippen LogP contribution is 2.50. The molecule has 0 saturated heterocycles. The Kier molecular flexibility index (Phi) is 4.29. The zero-order valence-electron chi connectivity index (χ0n) is 12.8. The van der Waals surface area contributed by atoms with Crippen LogP contribution in [-0.2, 0) is 10.2 Å². The second-order valence-electron chi connectivity index (χ2n) is 6.53. The van der Waals surface area contributed by atoms with Crippen molar-refractivity contribution in [1.29, 1.82) is 0 Å². The van der Waals surface area contributed by atoms with Crippen LogP contribution in [0.2, 0.25) is 0 Å². The largest absolute Gasteiger partial charge is 0.339 e. The second kappa shape index (κ2) is 6.18. The molecule has 0 bridgehead atoms. The van der Waals surface area contributed by atoms with Crippen LogP contribution in [0.3, 0.4) is 0 Å². The van der Waals surface area contributed by atoms with Gasteiger partial charge < -0.3 is 10.6 Å². The van der Waals surface area contributed by atoms with Gasteiger partial charge in [0.05, 0.1) is 5.41 Å². The van der Waals surface area contributed by atoms with E-state index < -0.39 is 0 Å². The summed E-state index contributed by atoms with van der Waals surface area (Å²) in [5.74, 6) is 0.356. The van der Waals surface area contributed by atoms with Gasteiger partial charge in [-0.1, -0.05) is 43.2 Å². The molecule has 2 aliphatic carbocycles. The fourth-order valence-electron chi connectivity index (χ4n) is 3.71. The average molecular weight is 286 g/mol. The number of carbonyl (C=O) groups is 1. The first-order valence-electron chi connectivity index (χ1n) is 8.34. The number of amides is 1. The summed E-state index contributed by atoms with van der Waals surface area (Å²) >= 11 is 0. The maximum Gasteiger partial charge on any atom is 0.233 e. The van der Waals surface area contributed by atoms with Crippen LogP contribution in [0, 0.1) is 0 Å². The van der Waals surface area contributed by atoms with Crippen LogP contribution in [0.1, 0.15) is 50.5 Å². The highest BCUT2D eigenvalue weighted by Gasteiger charge is 2.53. The summed E-state index contributed by atoms with van der Waals surface area (Å²) in [6.07, 6.45) is 7.77. The maximum atomic E-state index is 13.2. The zero-order chi connectivity index (χ0) is 14.7. The molecular weight excluding hydrogens is 260 g/mol. The number of carbonyl (C=O) groups excluding carboxylic acids is 1. The molecule has 1 amide bonds. The summed E-state index contributed by atoms with van der Waals surface area (Å²) in [6, 6.07) is 10.8. The third kappa shape index (κ3) is 2.84. The molecule has 1 aromatic rings. The van der Waals surface area contributed by atoms with Crippen LogP contribution in [0.15, 0.2) is 30.3 Å². The lowest BCUT2D eigenvalue weighted by molar-refractivity contribution is -0.136. The fraction of sp³-hybridized carbons (Fsp3) is 0.611. The Labute approximate surface area is 127 Å². The maximum absolute atomic E-state index is 13.2. The quantitative estimate of drug-likeness (QED) is 0.874. The number of nitrogens with zero attached hydrogens (tertiary/aromatic N) is 1. The van der Waals surface area contributed by atoms with E-state index >= 15 is 0 Å². The average Bonchev–Trinajstić information content (AvgIpc) is 3.17.